The van der Waals surface area contributed by atoms with Crippen molar-refractivity contribution < 1.29 is 4.79 Å². The number of nitrogens with zero attached hydrogens (tertiary/aromatic N) is 2. The molecular weight excluding hydrogens is 536 g/mol. The molecule has 44 heavy (non-hydrogen) atoms. The summed E-state index contributed by atoms with van der Waals surface area (Å²) in [6.07, 6.45) is 24.1. The van der Waals surface area contributed by atoms with Crippen molar-refractivity contribution in [3.8, 4) is 0 Å². The number of carbonyl (C=O) groups is 1. The Balaban J connectivity index is 0.00000161. The Morgan fingerprint density at radius 2 is 0.795 bits per heavy atom. The molecular formula is C41H62N2O. The molecule has 0 radical (unpaired) electrons. The van der Waals surface area contributed by atoms with Crippen molar-refractivity contribution in [3.05, 3.63) is 93.1 Å². The molecule has 0 aromatic heterocycles. The average molecular weight is 599 g/mol. The maximum Gasteiger partial charge on any atom is 0.185 e. The van der Waals surface area contributed by atoms with E-state index in [9.17, 15) is 4.79 Å². The molecule has 1 fully saturated rings. The summed E-state index contributed by atoms with van der Waals surface area (Å²) in [4.78, 5) is 18.2. The standard InChI is InChI=1S/C35H38N2O.6CH4/c38-35-27(9-1-7-25-21-29-11-3-17-36-18-4-12-30(22-25)33(29)36)15-16-28(35)10-2-8-26-23-31-13-5-19-37-20-6-14-32(24-26)34(31)37;;;;;;/h1-2,7-10,21-24H,3-6,11-20H2;6*1H4. The number of anilines is 2. The van der Waals surface area contributed by atoms with Crippen LogP contribution in [0.1, 0.15) is 116 Å². The Bertz CT molecular complexity index is 1240. The Morgan fingerprint density at radius 3 is 1.11 bits per heavy atom. The van der Waals surface area contributed by atoms with Crippen molar-refractivity contribution in [3.63, 3.8) is 0 Å². The molecule has 242 valence electrons. The molecule has 0 spiro atoms. The van der Waals surface area contributed by atoms with Crippen molar-refractivity contribution in [2.24, 2.45) is 0 Å². The van der Waals surface area contributed by atoms with Crippen LogP contribution in [0.15, 0.2) is 59.7 Å². The first-order valence-corrected chi connectivity index (χ1v) is 14.8. The minimum absolute atomic E-state index is 0. The molecule has 3 nitrogen and oxygen atoms in total. The highest BCUT2D eigenvalue weighted by molar-refractivity contribution is 6.11. The second kappa shape index (κ2) is 16.7. The van der Waals surface area contributed by atoms with Crippen molar-refractivity contribution in [2.45, 2.75) is 109 Å². The minimum Gasteiger partial charge on any atom is -0.371 e. The third-order valence-corrected chi connectivity index (χ3v) is 9.13. The Morgan fingerprint density at radius 1 is 0.477 bits per heavy atom. The summed E-state index contributed by atoms with van der Waals surface area (Å²) < 4.78 is 0. The fourth-order valence-corrected chi connectivity index (χ4v) is 7.42. The van der Waals surface area contributed by atoms with Crippen molar-refractivity contribution >= 4 is 29.3 Å². The van der Waals surface area contributed by atoms with Gasteiger partial charge in [0, 0.05) is 48.7 Å². The number of benzene rings is 2. The first-order valence-electron chi connectivity index (χ1n) is 14.8. The highest BCUT2D eigenvalue weighted by Crippen LogP contribution is 2.37. The SMILES string of the molecule is C.C.C.C.C.C.O=C1C(=CC=Cc2cc3c4c(c2)CCCN4CCC3)CCC1=CC=Cc1cc2c3c(c1)CCCN3CCC2. The first-order chi connectivity index (χ1) is 18.7. The molecule has 4 aliphatic heterocycles. The van der Waals surface area contributed by atoms with Gasteiger partial charge in [-0.2, -0.15) is 0 Å². The third kappa shape index (κ3) is 7.48. The summed E-state index contributed by atoms with van der Waals surface area (Å²) in [5, 5.41) is 0. The molecule has 0 N–H and O–H groups in total. The summed E-state index contributed by atoms with van der Waals surface area (Å²) in [5.74, 6) is 0.214. The zero-order valence-electron chi connectivity index (χ0n) is 22.5. The number of ketones is 1. The second-order valence-electron chi connectivity index (χ2n) is 11.7. The van der Waals surface area contributed by atoms with Gasteiger partial charge in [0.15, 0.2) is 5.78 Å². The number of rotatable bonds is 4. The molecule has 0 amide bonds. The topological polar surface area (TPSA) is 23.6 Å². The molecule has 2 aromatic carbocycles. The summed E-state index contributed by atoms with van der Waals surface area (Å²) in [5.41, 5.74) is 13.5. The van der Waals surface area contributed by atoms with E-state index >= 15 is 0 Å². The van der Waals surface area contributed by atoms with Gasteiger partial charge in [0.05, 0.1) is 0 Å². The van der Waals surface area contributed by atoms with Crippen LogP contribution in [-0.2, 0) is 30.5 Å². The zero-order valence-corrected chi connectivity index (χ0v) is 22.5. The van der Waals surface area contributed by atoms with Gasteiger partial charge in [0.2, 0.25) is 0 Å². The first kappa shape index (κ1) is 38.7. The van der Waals surface area contributed by atoms with Crippen LogP contribution in [-0.4, -0.2) is 32.0 Å². The summed E-state index contributed by atoms with van der Waals surface area (Å²) in [6, 6.07) is 9.46. The van der Waals surface area contributed by atoms with Crippen LogP contribution in [0.3, 0.4) is 0 Å². The molecule has 0 saturated heterocycles. The number of carbonyl (C=O) groups excluding carboxylic acids is 1. The predicted octanol–water partition coefficient (Wildman–Crippen LogP) is 10.8. The summed E-state index contributed by atoms with van der Waals surface area (Å²) in [6.45, 7) is 4.84. The van der Waals surface area contributed by atoms with E-state index in [1.807, 2.05) is 12.2 Å². The molecule has 0 atom stereocenters. The van der Waals surface area contributed by atoms with Crippen LogP contribution in [0.5, 0.6) is 0 Å². The average Bonchev–Trinajstić information content (AvgIpc) is 3.28. The molecule has 3 heteroatoms. The minimum atomic E-state index is 0. The van der Waals surface area contributed by atoms with Crippen LogP contribution in [0, 0.1) is 0 Å². The Hall–Kier alpha value is -3.33. The van der Waals surface area contributed by atoms with Gasteiger partial charge in [-0.1, -0.05) is 81.0 Å². The van der Waals surface area contributed by atoms with Crippen LogP contribution >= 0.6 is 0 Å². The van der Waals surface area contributed by atoms with Crippen LogP contribution in [0.25, 0.3) is 12.2 Å². The maximum atomic E-state index is 13.0. The number of aryl methyl sites for hydroxylation is 4. The molecule has 5 aliphatic rings. The van der Waals surface area contributed by atoms with E-state index in [1.54, 1.807) is 0 Å². The number of hydrogen-bond donors (Lipinski definition) is 0. The van der Waals surface area contributed by atoms with E-state index in [1.165, 1.54) is 122 Å². The molecule has 1 saturated carbocycles. The molecule has 4 heterocycles. The van der Waals surface area contributed by atoms with Crippen LogP contribution < -0.4 is 9.80 Å². The van der Waals surface area contributed by atoms with E-state index in [4.69, 9.17) is 0 Å². The van der Waals surface area contributed by atoms with E-state index in [2.05, 4.69) is 58.4 Å². The number of Topliss-reactive ketones (excluding diaryl/α,β-unsaturated/α-hetero) is 1. The predicted molar refractivity (Wildman–Crippen MR) is 199 cm³/mol. The van der Waals surface area contributed by atoms with Gasteiger partial charge >= 0.3 is 0 Å². The van der Waals surface area contributed by atoms with Crippen LogP contribution in [0.4, 0.5) is 11.4 Å². The van der Waals surface area contributed by atoms with Gasteiger partial charge in [-0.25, -0.2) is 0 Å². The molecule has 0 bridgehead atoms. The Kier molecular flexibility index (Phi) is 14.7. The number of hydrogen-bond acceptors (Lipinski definition) is 3. The second-order valence-corrected chi connectivity index (χ2v) is 11.7. The van der Waals surface area contributed by atoms with Gasteiger partial charge < -0.3 is 9.80 Å². The fourth-order valence-electron chi connectivity index (χ4n) is 7.42. The maximum absolute atomic E-state index is 13.0. The quantitative estimate of drug-likeness (QED) is 0.327. The Labute approximate surface area is 271 Å². The molecule has 0 unspecified atom stereocenters. The van der Waals surface area contributed by atoms with E-state index in [-0.39, 0.29) is 50.3 Å². The van der Waals surface area contributed by atoms with Gasteiger partial charge in [-0.3, -0.25) is 4.79 Å². The monoisotopic (exact) mass is 598 g/mol. The highest BCUT2D eigenvalue weighted by atomic mass is 16.1. The van der Waals surface area contributed by atoms with Crippen molar-refractivity contribution in [2.75, 3.05) is 36.0 Å². The van der Waals surface area contributed by atoms with Gasteiger partial charge in [-0.15, -0.1) is 0 Å². The van der Waals surface area contributed by atoms with E-state index in [0.717, 1.165) is 24.0 Å². The lowest BCUT2D eigenvalue weighted by molar-refractivity contribution is -0.111. The lowest BCUT2D eigenvalue weighted by Crippen LogP contribution is -2.34. The third-order valence-electron chi connectivity index (χ3n) is 9.13. The van der Waals surface area contributed by atoms with Gasteiger partial charge in [-0.05, 0) is 122 Å². The van der Waals surface area contributed by atoms with Gasteiger partial charge in [0.25, 0.3) is 0 Å². The number of allylic oxidation sites excluding steroid dienone is 6. The highest BCUT2D eigenvalue weighted by Gasteiger charge is 2.25. The lowest BCUT2D eigenvalue weighted by atomic mass is 9.90. The summed E-state index contributed by atoms with van der Waals surface area (Å²) in [7, 11) is 0. The molecule has 7 rings (SSSR count). The lowest BCUT2D eigenvalue weighted by Gasteiger charge is -2.37. The fraction of sp³-hybridized carbons (Fsp3) is 0.488. The normalized spacial score (nSPS) is 19.6. The van der Waals surface area contributed by atoms with Crippen molar-refractivity contribution in [1.29, 1.82) is 0 Å². The smallest absolute Gasteiger partial charge is 0.185 e. The summed E-state index contributed by atoms with van der Waals surface area (Å²) >= 11 is 0. The van der Waals surface area contributed by atoms with E-state index in [0.29, 0.717) is 0 Å². The van der Waals surface area contributed by atoms with Crippen molar-refractivity contribution in [1.82, 2.24) is 0 Å². The van der Waals surface area contributed by atoms with E-state index < -0.39 is 0 Å². The molecule has 1 aliphatic carbocycles. The van der Waals surface area contributed by atoms with Crippen LogP contribution in [0.2, 0.25) is 0 Å². The molecule has 2 aromatic rings. The largest absolute Gasteiger partial charge is 0.371 e. The van der Waals surface area contributed by atoms with Gasteiger partial charge in [0.1, 0.15) is 0 Å². The zero-order chi connectivity index (χ0) is 25.5.